The molecule has 0 atom stereocenters. The number of urea groups is 1. The number of hydrogen-bond donors (Lipinski definition) is 3. The van der Waals surface area contributed by atoms with Crippen LogP contribution in [-0.4, -0.2) is 18.5 Å². The molecule has 0 aliphatic heterocycles. The van der Waals surface area contributed by atoms with Crippen LogP contribution in [0.2, 0.25) is 5.02 Å². The van der Waals surface area contributed by atoms with E-state index in [0.717, 1.165) is 15.6 Å². The van der Waals surface area contributed by atoms with Gasteiger partial charge in [0.05, 0.1) is 10.7 Å². The molecule has 0 heterocycles. The molecule has 0 fully saturated rings. The van der Waals surface area contributed by atoms with Crippen LogP contribution in [0.4, 0.5) is 10.5 Å². The highest BCUT2D eigenvalue weighted by Crippen LogP contribution is 2.25. The van der Waals surface area contributed by atoms with E-state index in [2.05, 4.69) is 32.1 Å². The molecule has 0 aliphatic rings. The number of amides is 3. The second-order valence-electron chi connectivity index (χ2n) is 5.93. The molecule has 8 heteroatoms. The fraction of sp³-hybridized carbons (Fsp3) is 0.0476. The van der Waals surface area contributed by atoms with Crippen molar-refractivity contribution in [3.63, 3.8) is 0 Å². The number of hydrazine groups is 1. The molecule has 0 saturated heterocycles. The molecule has 0 radical (unpaired) electrons. The Balaban J connectivity index is 1.43. The molecule has 0 aliphatic carbocycles. The van der Waals surface area contributed by atoms with Crippen molar-refractivity contribution in [2.24, 2.45) is 0 Å². The molecule has 0 aromatic heterocycles. The molecule has 3 aromatic rings. The summed E-state index contributed by atoms with van der Waals surface area (Å²) in [4.78, 5) is 23.7. The molecule has 3 aromatic carbocycles. The van der Waals surface area contributed by atoms with Crippen LogP contribution in [0.3, 0.4) is 0 Å². The van der Waals surface area contributed by atoms with Crippen molar-refractivity contribution in [2.75, 3.05) is 11.9 Å². The van der Waals surface area contributed by atoms with Gasteiger partial charge in [0.25, 0.3) is 5.91 Å². The number of rotatable bonds is 5. The highest BCUT2D eigenvalue weighted by Gasteiger charge is 2.08. The quantitative estimate of drug-likeness (QED) is 0.455. The number of carbonyl (C=O) groups is 2. The summed E-state index contributed by atoms with van der Waals surface area (Å²) in [6.45, 7) is -0.246. The first-order chi connectivity index (χ1) is 14.0. The number of halogens is 2. The van der Waals surface area contributed by atoms with E-state index in [-0.39, 0.29) is 6.61 Å². The number of nitrogens with one attached hydrogen (secondary N) is 3. The molecule has 0 saturated carbocycles. The van der Waals surface area contributed by atoms with Crippen molar-refractivity contribution >= 4 is 45.2 Å². The third kappa shape index (κ3) is 6.23. The number of hydrogen-bond acceptors (Lipinski definition) is 3. The molecule has 6 nitrogen and oxygen atoms in total. The third-order valence-electron chi connectivity index (χ3n) is 3.83. The summed E-state index contributed by atoms with van der Waals surface area (Å²) < 4.78 is 6.22. The van der Waals surface area contributed by atoms with Crippen LogP contribution in [0.15, 0.2) is 77.3 Å². The normalized spacial score (nSPS) is 10.1. The van der Waals surface area contributed by atoms with Gasteiger partial charge in [0.2, 0.25) is 0 Å². The van der Waals surface area contributed by atoms with Gasteiger partial charge in [-0.25, -0.2) is 10.2 Å². The molecule has 0 unspecified atom stereocenters. The second-order valence-corrected chi connectivity index (χ2v) is 7.25. The highest BCUT2D eigenvalue weighted by molar-refractivity contribution is 9.10. The standard InChI is InChI=1S/C21H17BrClN3O3/c22-16-8-11-19(18(23)12-16)24-21(28)26-25-20(27)13-29-17-9-6-15(7-10-17)14-4-2-1-3-5-14/h1-12H,13H2,(H,25,27)(H2,24,26,28). The zero-order valence-corrected chi connectivity index (χ0v) is 17.5. The van der Waals surface area contributed by atoms with E-state index in [0.29, 0.717) is 16.5 Å². The summed E-state index contributed by atoms with van der Waals surface area (Å²) in [5.74, 6) is 0.0418. The average molecular weight is 475 g/mol. The van der Waals surface area contributed by atoms with Gasteiger partial charge in [0.15, 0.2) is 6.61 Å². The topological polar surface area (TPSA) is 79.5 Å². The van der Waals surface area contributed by atoms with Crippen molar-refractivity contribution in [1.82, 2.24) is 10.9 Å². The lowest BCUT2D eigenvalue weighted by Gasteiger charge is -2.11. The van der Waals surface area contributed by atoms with Crippen LogP contribution in [-0.2, 0) is 4.79 Å². The van der Waals surface area contributed by atoms with Gasteiger partial charge in [0.1, 0.15) is 5.75 Å². The number of carbonyl (C=O) groups excluding carboxylic acids is 2. The molecular weight excluding hydrogens is 458 g/mol. The monoisotopic (exact) mass is 473 g/mol. The number of benzene rings is 3. The lowest BCUT2D eigenvalue weighted by Crippen LogP contribution is -2.45. The maximum atomic E-state index is 11.9. The van der Waals surface area contributed by atoms with Gasteiger partial charge in [0, 0.05) is 4.47 Å². The van der Waals surface area contributed by atoms with Crippen LogP contribution in [0.25, 0.3) is 11.1 Å². The van der Waals surface area contributed by atoms with Crippen LogP contribution in [0.5, 0.6) is 5.75 Å². The first kappa shape index (κ1) is 20.7. The van der Waals surface area contributed by atoms with Crippen molar-refractivity contribution in [1.29, 1.82) is 0 Å². The molecule has 3 rings (SSSR count). The molecule has 148 valence electrons. The maximum absolute atomic E-state index is 11.9. The van der Waals surface area contributed by atoms with Gasteiger partial charge < -0.3 is 10.1 Å². The zero-order valence-electron chi connectivity index (χ0n) is 15.1. The fourth-order valence-corrected chi connectivity index (χ4v) is 3.15. The second kappa shape index (κ2) is 9.95. The summed E-state index contributed by atoms with van der Waals surface area (Å²) >= 11 is 9.31. The predicted octanol–water partition coefficient (Wildman–Crippen LogP) is 5.00. The van der Waals surface area contributed by atoms with Gasteiger partial charge in [-0.05, 0) is 41.5 Å². The first-order valence-electron chi connectivity index (χ1n) is 8.60. The molecular formula is C21H17BrClN3O3. The summed E-state index contributed by atoms with van der Waals surface area (Å²) in [5.41, 5.74) is 7.06. The van der Waals surface area contributed by atoms with Gasteiger partial charge in [-0.3, -0.25) is 10.2 Å². The minimum Gasteiger partial charge on any atom is -0.484 e. The molecule has 0 bridgehead atoms. The van der Waals surface area contributed by atoms with Crippen LogP contribution in [0.1, 0.15) is 0 Å². The Bertz CT molecular complexity index is 998. The van der Waals surface area contributed by atoms with E-state index >= 15 is 0 Å². The molecule has 3 N–H and O–H groups in total. The maximum Gasteiger partial charge on any atom is 0.337 e. The minimum atomic E-state index is -0.630. The van der Waals surface area contributed by atoms with Crippen molar-refractivity contribution in [3.05, 3.63) is 82.3 Å². The molecule has 0 spiro atoms. The van der Waals surface area contributed by atoms with Crippen molar-refractivity contribution < 1.29 is 14.3 Å². The Morgan fingerprint density at radius 1 is 0.897 bits per heavy atom. The number of anilines is 1. The van der Waals surface area contributed by atoms with Gasteiger partial charge in [-0.1, -0.05) is 70.0 Å². The Morgan fingerprint density at radius 2 is 1.59 bits per heavy atom. The highest BCUT2D eigenvalue weighted by atomic mass is 79.9. The van der Waals surface area contributed by atoms with Crippen molar-refractivity contribution in [2.45, 2.75) is 0 Å². The molecule has 3 amide bonds. The first-order valence-corrected chi connectivity index (χ1v) is 9.77. The van der Waals surface area contributed by atoms with Gasteiger partial charge in [-0.15, -0.1) is 0 Å². The summed E-state index contributed by atoms with van der Waals surface area (Å²) in [5, 5.41) is 2.89. The smallest absolute Gasteiger partial charge is 0.337 e. The molecule has 29 heavy (non-hydrogen) atoms. The van der Waals surface area contributed by atoms with E-state index in [4.69, 9.17) is 16.3 Å². The number of ether oxygens (including phenoxy) is 1. The van der Waals surface area contributed by atoms with Gasteiger partial charge in [-0.2, -0.15) is 0 Å². The Hall–Kier alpha value is -3.03. The average Bonchev–Trinajstić information content (AvgIpc) is 2.74. The summed E-state index contributed by atoms with van der Waals surface area (Å²) in [6, 6.07) is 21.7. The van der Waals surface area contributed by atoms with Crippen LogP contribution in [0, 0.1) is 0 Å². The minimum absolute atomic E-state index is 0.246. The summed E-state index contributed by atoms with van der Waals surface area (Å²) in [7, 11) is 0. The Kier molecular flexibility index (Phi) is 7.10. The third-order valence-corrected chi connectivity index (χ3v) is 4.63. The van der Waals surface area contributed by atoms with Gasteiger partial charge >= 0.3 is 6.03 Å². The lowest BCUT2D eigenvalue weighted by atomic mass is 10.1. The van der Waals surface area contributed by atoms with Crippen LogP contribution >= 0.6 is 27.5 Å². The SMILES string of the molecule is O=C(COc1ccc(-c2ccccc2)cc1)NNC(=O)Nc1ccc(Br)cc1Cl. The zero-order chi connectivity index (χ0) is 20.6. The van der Waals surface area contributed by atoms with E-state index in [1.54, 1.807) is 30.3 Å². The van der Waals surface area contributed by atoms with E-state index in [1.807, 2.05) is 42.5 Å². The Labute approximate surface area is 181 Å². The fourth-order valence-electron chi connectivity index (χ4n) is 2.43. The van der Waals surface area contributed by atoms with E-state index in [9.17, 15) is 9.59 Å². The predicted molar refractivity (Wildman–Crippen MR) is 117 cm³/mol. The largest absolute Gasteiger partial charge is 0.484 e. The van der Waals surface area contributed by atoms with E-state index < -0.39 is 11.9 Å². The lowest BCUT2D eigenvalue weighted by molar-refractivity contribution is -0.123. The summed E-state index contributed by atoms with van der Waals surface area (Å²) in [6.07, 6.45) is 0. The van der Waals surface area contributed by atoms with E-state index in [1.165, 1.54) is 0 Å². The van der Waals surface area contributed by atoms with Crippen molar-refractivity contribution in [3.8, 4) is 16.9 Å². The van der Waals surface area contributed by atoms with Crippen LogP contribution < -0.4 is 20.9 Å². The Morgan fingerprint density at radius 3 is 2.28 bits per heavy atom.